The zero-order chi connectivity index (χ0) is 13.9. The van der Waals surface area contributed by atoms with Gasteiger partial charge in [0, 0.05) is 17.8 Å². The van der Waals surface area contributed by atoms with E-state index in [0.717, 1.165) is 36.2 Å². The fourth-order valence-electron chi connectivity index (χ4n) is 3.26. The Labute approximate surface area is 123 Å². The van der Waals surface area contributed by atoms with Gasteiger partial charge in [-0.3, -0.25) is 4.57 Å². The van der Waals surface area contributed by atoms with Gasteiger partial charge in [0.1, 0.15) is 0 Å². The highest BCUT2D eigenvalue weighted by Crippen LogP contribution is 2.36. The highest BCUT2D eigenvalue weighted by Gasteiger charge is 2.29. The standard InChI is InChI=1S/C14H24N4OS/c1-2-15-12-5-3-4-10(12)8-9-20-14-17-16-13(19)18(14)11-6-7-11/h10-12,15H,2-9H2,1H3,(H,16,19). The topological polar surface area (TPSA) is 62.7 Å². The van der Waals surface area contributed by atoms with Crippen molar-refractivity contribution in [3.05, 3.63) is 10.5 Å². The van der Waals surface area contributed by atoms with E-state index in [-0.39, 0.29) is 5.69 Å². The molecule has 1 aromatic rings. The molecule has 112 valence electrons. The average Bonchev–Trinajstić information content (AvgIpc) is 3.07. The lowest BCUT2D eigenvalue weighted by molar-refractivity contribution is 0.400. The lowest BCUT2D eigenvalue weighted by atomic mass is 10.0. The second kappa shape index (κ2) is 6.35. The molecule has 2 saturated carbocycles. The van der Waals surface area contributed by atoms with Crippen LogP contribution >= 0.6 is 11.8 Å². The van der Waals surface area contributed by atoms with Crippen LogP contribution in [0.25, 0.3) is 0 Å². The first kappa shape index (κ1) is 14.2. The van der Waals surface area contributed by atoms with Gasteiger partial charge in [-0.25, -0.2) is 9.89 Å². The Kier molecular flexibility index (Phi) is 4.51. The molecule has 1 aromatic heterocycles. The van der Waals surface area contributed by atoms with Crippen molar-refractivity contribution < 1.29 is 0 Å². The van der Waals surface area contributed by atoms with Gasteiger partial charge >= 0.3 is 5.69 Å². The summed E-state index contributed by atoms with van der Waals surface area (Å²) in [6.07, 6.45) is 7.47. The van der Waals surface area contributed by atoms with Crippen LogP contribution in [-0.4, -0.2) is 33.1 Å². The fourth-order valence-corrected chi connectivity index (χ4v) is 4.35. The van der Waals surface area contributed by atoms with E-state index in [9.17, 15) is 4.79 Å². The summed E-state index contributed by atoms with van der Waals surface area (Å²) in [5.74, 6) is 1.85. The summed E-state index contributed by atoms with van der Waals surface area (Å²) in [5.41, 5.74) is -0.0404. The summed E-state index contributed by atoms with van der Waals surface area (Å²) in [7, 11) is 0. The SMILES string of the molecule is CCNC1CCCC1CCSc1n[nH]c(=O)n1C1CC1. The number of hydrogen-bond acceptors (Lipinski definition) is 4. The van der Waals surface area contributed by atoms with Crippen molar-refractivity contribution in [3.63, 3.8) is 0 Å². The van der Waals surface area contributed by atoms with E-state index in [0.29, 0.717) is 12.1 Å². The van der Waals surface area contributed by atoms with Gasteiger partial charge in [0.05, 0.1) is 0 Å². The minimum Gasteiger partial charge on any atom is -0.314 e. The predicted octanol–water partition coefficient (Wildman–Crippen LogP) is 2.17. The Morgan fingerprint density at radius 1 is 1.40 bits per heavy atom. The van der Waals surface area contributed by atoms with Crippen molar-refractivity contribution in [1.29, 1.82) is 0 Å². The van der Waals surface area contributed by atoms with Crippen LogP contribution in [0, 0.1) is 5.92 Å². The maximum atomic E-state index is 11.7. The molecule has 0 bridgehead atoms. The molecule has 2 unspecified atom stereocenters. The van der Waals surface area contributed by atoms with Gasteiger partial charge < -0.3 is 5.32 Å². The molecule has 0 spiro atoms. The van der Waals surface area contributed by atoms with E-state index < -0.39 is 0 Å². The number of H-pyrrole nitrogens is 1. The van der Waals surface area contributed by atoms with Crippen molar-refractivity contribution in [2.24, 2.45) is 5.92 Å². The second-order valence-corrected chi connectivity index (χ2v) is 6.97. The lowest BCUT2D eigenvalue weighted by Gasteiger charge is -2.19. The van der Waals surface area contributed by atoms with Gasteiger partial charge in [-0.2, -0.15) is 0 Å². The zero-order valence-electron chi connectivity index (χ0n) is 12.1. The lowest BCUT2D eigenvalue weighted by Crippen LogP contribution is -2.32. The summed E-state index contributed by atoms with van der Waals surface area (Å²) < 4.78 is 1.85. The van der Waals surface area contributed by atoms with Crippen molar-refractivity contribution in [2.45, 2.75) is 62.7 Å². The third kappa shape index (κ3) is 3.11. The van der Waals surface area contributed by atoms with Crippen LogP contribution in [0.1, 0.15) is 51.5 Å². The molecule has 0 saturated heterocycles. The zero-order valence-corrected chi connectivity index (χ0v) is 12.9. The Hall–Kier alpha value is -0.750. The first-order chi connectivity index (χ1) is 9.79. The van der Waals surface area contributed by atoms with E-state index in [2.05, 4.69) is 22.4 Å². The van der Waals surface area contributed by atoms with Crippen LogP contribution in [0.4, 0.5) is 0 Å². The van der Waals surface area contributed by atoms with Gasteiger partial charge in [-0.1, -0.05) is 25.1 Å². The number of rotatable bonds is 7. The average molecular weight is 296 g/mol. The van der Waals surface area contributed by atoms with Crippen molar-refractivity contribution >= 4 is 11.8 Å². The molecule has 0 aromatic carbocycles. The number of aromatic nitrogens is 3. The molecule has 2 atom stereocenters. The van der Waals surface area contributed by atoms with Gasteiger partial charge in [0.2, 0.25) is 0 Å². The van der Waals surface area contributed by atoms with Crippen LogP contribution in [-0.2, 0) is 0 Å². The summed E-state index contributed by atoms with van der Waals surface area (Å²) in [5, 5.41) is 11.2. The Bertz CT molecular complexity index is 494. The van der Waals surface area contributed by atoms with Crippen LogP contribution in [0.3, 0.4) is 0 Å². The van der Waals surface area contributed by atoms with E-state index >= 15 is 0 Å². The van der Waals surface area contributed by atoms with Crippen LogP contribution in [0.2, 0.25) is 0 Å². The number of nitrogens with one attached hydrogen (secondary N) is 2. The molecular formula is C14H24N4OS. The van der Waals surface area contributed by atoms with Gasteiger partial charge in [-0.15, -0.1) is 5.10 Å². The molecular weight excluding hydrogens is 272 g/mol. The molecule has 0 radical (unpaired) electrons. The molecule has 1 heterocycles. The summed E-state index contributed by atoms with van der Waals surface area (Å²) in [4.78, 5) is 11.7. The molecule has 2 N–H and O–H groups in total. The highest BCUT2D eigenvalue weighted by molar-refractivity contribution is 7.99. The molecule has 2 aliphatic rings. The van der Waals surface area contributed by atoms with Crippen molar-refractivity contribution in [1.82, 2.24) is 20.1 Å². The quantitative estimate of drug-likeness (QED) is 0.757. The van der Waals surface area contributed by atoms with Crippen molar-refractivity contribution in [3.8, 4) is 0 Å². The van der Waals surface area contributed by atoms with Crippen LogP contribution in [0.5, 0.6) is 0 Å². The smallest absolute Gasteiger partial charge is 0.314 e. The van der Waals surface area contributed by atoms with Crippen LogP contribution < -0.4 is 11.0 Å². The fraction of sp³-hybridized carbons (Fsp3) is 0.857. The first-order valence-corrected chi connectivity index (χ1v) is 8.81. The van der Waals surface area contributed by atoms with Crippen molar-refractivity contribution in [2.75, 3.05) is 12.3 Å². The number of nitrogens with zero attached hydrogens (tertiary/aromatic N) is 2. The summed E-state index contributed by atoms with van der Waals surface area (Å²) >= 11 is 1.74. The minimum atomic E-state index is -0.0404. The number of aromatic amines is 1. The predicted molar refractivity (Wildman–Crippen MR) is 81.3 cm³/mol. The second-order valence-electron chi connectivity index (χ2n) is 5.90. The summed E-state index contributed by atoms with van der Waals surface area (Å²) in [6.45, 7) is 3.25. The molecule has 2 fully saturated rings. The van der Waals surface area contributed by atoms with Gasteiger partial charge in [-0.05, 0) is 44.6 Å². The van der Waals surface area contributed by atoms with Gasteiger partial charge in [0.15, 0.2) is 5.16 Å². The molecule has 20 heavy (non-hydrogen) atoms. The number of thioether (sulfide) groups is 1. The Balaban J connectivity index is 1.51. The summed E-state index contributed by atoms with van der Waals surface area (Å²) in [6, 6.07) is 1.11. The van der Waals surface area contributed by atoms with E-state index in [1.54, 1.807) is 11.8 Å². The van der Waals surface area contributed by atoms with Gasteiger partial charge in [0.25, 0.3) is 0 Å². The maximum Gasteiger partial charge on any atom is 0.344 e. The molecule has 3 rings (SSSR count). The highest BCUT2D eigenvalue weighted by atomic mass is 32.2. The van der Waals surface area contributed by atoms with Crippen LogP contribution in [0.15, 0.2) is 9.95 Å². The first-order valence-electron chi connectivity index (χ1n) is 7.82. The molecule has 0 aliphatic heterocycles. The molecule has 0 amide bonds. The molecule has 6 heteroatoms. The maximum absolute atomic E-state index is 11.7. The molecule has 5 nitrogen and oxygen atoms in total. The van der Waals surface area contributed by atoms with E-state index in [1.165, 1.54) is 25.7 Å². The monoisotopic (exact) mass is 296 g/mol. The minimum absolute atomic E-state index is 0.0404. The largest absolute Gasteiger partial charge is 0.344 e. The Morgan fingerprint density at radius 2 is 2.25 bits per heavy atom. The Morgan fingerprint density at radius 3 is 3.00 bits per heavy atom. The van der Waals surface area contributed by atoms with E-state index in [1.807, 2.05) is 4.57 Å². The normalized spacial score (nSPS) is 26.2. The third-order valence-corrected chi connectivity index (χ3v) is 5.42. The third-order valence-electron chi connectivity index (χ3n) is 4.43. The van der Waals surface area contributed by atoms with E-state index in [4.69, 9.17) is 0 Å². The molecule has 2 aliphatic carbocycles. The number of hydrogen-bond donors (Lipinski definition) is 2.